The Morgan fingerprint density at radius 3 is 2.60 bits per heavy atom. The molecule has 2 rings (SSSR count). The monoisotopic (exact) mass is 277 g/mol. The average Bonchev–Trinajstić information content (AvgIpc) is 2.48. The van der Waals surface area contributed by atoms with Crippen LogP contribution in [0.1, 0.15) is 24.8 Å². The fourth-order valence-corrected chi connectivity index (χ4v) is 2.51. The van der Waals surface area contributed by atoms with Gasteiger partial charge in [0.15, 0.2) is 0 Å². The molecule has 1 aliphatic heterocycles. The third-order valence-electron chi connectivity index (χ3n) is 3.62. The number of amides is 1. The number of carboxylic acids is 1. The molecule has 1 aromatic rings. The summed E-state index contributed by atoms with van der Waals surface area (Å²) in [6, 6.07) is 6.59. The van der Waals surface area contributed by atoms with E-state index in [0.29, 0.717) is 13.0 Å². The lowest BCUT2D eigenvalue weighted by Crippen LogP contribution is -2.48. The molecule has 0 saturated carbocycles. The number of ether oxygens (including phenoxy) is 1. The molecule has 1 fully saturated rings. The van der Waals surface area contributed by atoms with Gasteiger partial charge in [-0.15, -0.1) is 0 Å². The van der Waals surface area contributed by atoms with E-state index in [1.54, 1.807) is 19.2 Å². The number of likely N-dealkylation sites (tertiary alicyclic amines) is 1. The second-order valence-corrected chi connectivity index (χ2v) is 4.96. The third kappa shape index (κ3) is 3.29. The quantitative estimate of drug-likeness (QED) is 0.909. The number of benzene rings is 1. The summed E-state index contributed by atoms with van der Waals surface area (Å²) in [6.07, 6.45) is 2.51. The molecule has 1 amide bonds. The van der Waals surface area contributed by atoms with Crippen molar-refractivity contribution in [1.29, 1.82) is 0 Å². The number of rotatable bonds is 4. The molecule has 1 N–H and O–H groups in total. The number of methoxy groups -OCH3 is 1. The van der Waals surface area contributed by atoms with Gasteiger partial charge in [0, 0.05) is 6.54 Å². The van der Waals surface area contributed by atoms with Crippen LogP contribution in [-0.4, -0.2) is 41.6 Å². The molecular formula is C15H19NO4. The van der Waals surface area contributed by atoms with Crippen molar-refractivity contribution in [1.82, 2.24) is 4.90 Å². The van der Waals surface area contributed by atoms with E-state index in [2.05, 4.69) is 0 Å². The van der Waals surface area contributed by atoms with Crippen molar-refractivity contribution in [3.05, 3.63) is 29.8 Å². The molecule has 1 aliphatic rings. The first-order valence-electron chi connectivity index (χ1n) is 6.77. The number of nitrogens with zero attached hydrogens (tertiary/aromatic N) is 1. The summed E-state index contributed by atoms with van der Waals surface area (Å²) >= 11 is 0. The molecule has 0 aliphatic carbocycles. The Bertz CT molecular complexity index is 483. The molecule has 5 nitrogen and oxygen atoms in total. The minimum Gasteiger partial charge on any atom is -0.497 e. The van der Waals surface area contributed by atoms with E-state index in [-0.39, 0.29) is 12.3 Å². The van der Waals surface area contributed by atoms with Crippen molar-refractivity contribution < 1.29 is 19.4 Å². The maximum absolute atomic E-state index is 12.3. The maximum Gasteiger partial charge on any atom is 0.326 e. The highest BCUT2D eigenvalue weighted by Crippen LogP contribution is 2.19. The van der Waals surface area contributed by atoms with Gasteiger partial charge in [0.05, 0.1) is 13.5 Å². The molecule has 1 saturated heterocycles. The lowest BCUT2D eigenvalue weighted by Gasteiger charge is -2.33. The number of carboxylic acid groups (broad SMARTS) is 1. The third-order valence-corrected chi connectivity index (χ3v) is 3.62. The van der Waals surface area contributed by atoms with Gasteiger partial charge < -0.3 is 14.7 Å². The molecule has 0 bridgehead atoms. The molecule has 5 heteroatoms. The maximum atomic E-state index is 12.3. The smallest absolute Gasteiger partial charge is 0.326 e. The fraction of sp³-hybridized carbons (Fsp3) is 0.467. The Labute approximate surface area is 118 Å². The van der Waals surface area contributed by atoms with Gasteiger partial charge in [-0.05, 0) is 37.0 Å². The highest BCUT2D eigenvalue weighted by Gasteiger charge is 2.31. The molecule has 1 atom stereocenters. The Morgan fingerprint density at radius 1 is 1.30 bits per heavy atom. The summed E-state index contributed by atoms with van der Waals surface area (Å²) in [4.78, 5) is 25.0. The number of carbonyl (C=O) groups excluding carboxylic acids is 1. The van der Waals surface area contributed by atoms with Crippen molar-refractivity contribution in [2.24, 2.45) is 0 Å². The van der Waals surface area contributed by atoms with E-state index in [0.717, 1.165) is 24.2 Å². The van der Waals surface area contributed by atoms with Crippen molar-refractivity contribution >= 4 is 11.9 Å². The summed E-state index contributed by atoms with van der Waals surface area (Å²) in [5.41, 5.74) is 0.866. The van der Waals surface area contributed by atoms with Gasteiger partial charge in [-0.25, -0.2) is 4.79 Å². The Hall–Kier alpha value is -2.04. The van der Waals surface area contributed by atoms with Crippen LogP contribution in [0.5, 0.6) is 5.75 Å². The minimum absolute atomic E-state index is 0.123. The summed E-state index contributed by atoms with van der Waals surface area (Å²) in [6.45, 7) is 0.534. The van der Waals surface area contributed by atoms with Gasteiger partial charge in [-0.3, -0.25) is 4.79 Å². The minimum atomic E-state index is -0.909. The Balaban J connectivity index is 2.03. The second-order valence-electron chi connectivity index (χ2n) is 4.96. The number of aliphatic carboxylic acids is 1. The summed E-state index contributed by atoms with van der Waals surface area (Å²) in [5, 5.41) is 9.18. The molecule has 0 spiro atoms. The van der Waals surface area contributed by atoms with Gasteiger partial charge in [-0.1, -0.05) is 12.1 Å². The van der Waals surface area contributed by atoms with Gasteiger partial charge >= 0.3 is 5.97 Å². The van der Waals surface area contributed by atoms with E-state index < -0.39 is 12.0 Å². The topological polar surface area (TPSA) is 66.8 Å². The summed E-state index contributed by atoms with van der Waals surface area (Å²) in [7, 11) is 1.59. The average molecular weight is 277 g/mol. The lowest BCUT2D eigenvalue weighted by atomic mass is 10.0. The first kappa shape index (κ1) is 14.4. The van der Waals surface area contributed by atoms with Crippen LogP contribution in [0, 0.1) is 0 Å². The molecule has 0 radical (unpaired) electrons. The van der Waals surface area contributed by atoms with E-state index in [9.17, 15) is 14.7 Å². The molecule has 0 unspecified atom stereocenters. The molecule has 1 aromatic carbocycles. The van der Waals surface area contributed by atoms with Gasteiger partial charge in [0.1, 0.15) is 11.8 Å². The second kappa shape index (κ2) is 6.41. The molecule has 1 heterocycles. The van der Waals surface area contributed by atoms with Crippen LogP contribution in [0.3, 0.4) is 0 Å². The first-order valence-corrected chi connectivity index (χ1v) is 6.77. The number of hydrogen-bond acceptors (Lipinski definition) is 3. The van der Waals surface area contributed by atoms with Crippen molar-refractivity contribution in [2.45, 2.75) is 31.7 Å². The first-order chi connectivity index (χ1) is 9.61. The molecule has 20 heavy (non-hydrogen) atoms. The van der Waals surface area contributed by atoms with Crippen LogP contribution in [0.25, 0.3) is 0 Å². The van der Waals surface area contributed by atoms with Crippen LogP contribution in [-0.2, 0) is 16.0 Å². The Kier molecular flexibility index (Phi) is 4.61. The van der Waals surface area contributed by atoms with E-state index in [4.69, 9.17) is 4.74 Å². The summed E-state index contributed by atoms with van der Waals surface area (Å²) in [5.74, 6) is -0.294. The van der Waals surface area contributed by atoms with E-state index in [1.807, 2.05) is 12.1 Å². The van der Waals surface area contributed by atoms with Crippen LogP contribution >= 0.6 is 0 Å². The van der Waals surface area contributed by atoms with E-state index in [1.165, 1.54) is 4.90 Å². The fourth-order valence-electron chi connectivity index (χ4n) is 2.51. The SMILES string of the molecule is COc1ccc(CC(=O)N2CCCC[C@@H]2C(=O)O)cc1. The van der Waals surface area contributed by atoms with E-state index >= 15 is 0 Å². The predicted molar refractivity (Wildman–Crippen MR) is 73.7 cm³/mol. The van der Waals surface area contributed by atoms with Crippen LogP contribution < -0.4 is 4.74 Å². The lowest BCUT2D eigenvalue weighted by molar-refractivity contribution is -0.151. The van der Waals surface area contributed by atoms with Gasteiger partial charge in [-0.2, -0.15) is 0 Å². The number of piperidine rings is 1. The van der Waals surface area contributed by atoms with Gasteiger partial charge in [0.25, 0.3) is 0 Å². The normalized spacial score (nSPS) is 18.6. The van der Waals surface area contributed by atoms with Crippen molar-refractivity contribution in [3.8, 4) is 5.75 Å². The highest BCUT2D eigenvalue weighted by atomic mass is 16.5. The zero-order valence-corrected chi connectivity index (χ0v) is 11.5. The Morgan fingerprint density at radius 2 is 2.00 bits per heavy atom. The highest BCUT2D eigenvalue weighted by molar-refractivity contribution is 5.85. The predicted octanol–water partition coefficient (Wildman–Crippen LogP) is 1.70. The zero-order chi connectivity index (χ0) is 14.5. The molecule has 0 aromatic heterocycles. The zero-order valence-electron chi connectivity index (χ0n) is 11.5. The molecule has 108 valence electrons. The number of carbonyl (C=O) groups is 2. The molecular weight excluding hydrogens is 258 g/mol. The standard InChI is InChI=1S/C15H19NO4/c1-20-12-7-5-11(6-8-12)10-14(17)16-9-3-2-4-13(16)15(18)19/h5-8,13H,2-4,9-10H2,1H3,(H,18,19)/t13-/m1/s1. The van der Waals surface area contributed by atoms with Crippen molar-refractivity contribution in [2.75, 3.05) is 13.7 Å². The summed E-state index contributed by atoms with van der Waals surface area (Å²) < 4.78 is 5.07. The van der Waals surface area contributed by atoms with Crippen molar-refractivity contribution in [3.63, 3.8) is 0 Å². The largest absolute Gasteiger partial charge is 0.497 e. The number of hydrogen-bond donors (Lipinski definition) is 1. The van der Waals surface area contributed by atoms with Gasteiger partial charge in [0.2, 0.25) is 5.91 Å². The van der Waals surface area contributed by atoms with Crippen LogP contribution in [0.4, 0.5) is 0 Å². The van der Waals surface area contributed by atoms with Crippen LogP contribution in [0.2, 0.25) is 0 Å². The van der Waals surface area contributed by atoms with Crippen LogP contribution in [0.15, 0.2) is 24.3 Å².